The second-order valence-electron chi connectivity index (χ2n) is 21.6. The minimum Gasteiger partial charge on any atom is -0.503 e. The zero-order chi connectivity index (χ0) is 88.3. The molecule has 13 N–H and O–H groups in total. The van der Waals surface area contributed by atoms with Crippen molar-refractivity contribution in [1.29, 1.82) is 0 Å². The average Bonchev–Trinajstić information content (AvgIpc) is 0.787. The Morgan fingerprint density at radius 3 is 0.775 bits per heavy atom. The Bertz CT molecular complexity index is 3430. The fourth-order valence-corrected chi connectivity index (χ4v) is 9.62. The van der Waals surface area contributed by atoms with E-state index >= 15 is 0 Å². The van der Waals surface area contributed by atoms with E-state index in [0.717, 1.165) is 46.5 Å². The predicted octanol–water partition coefficient (Wildman–Crippen LogP) is 20.0. The molecule has 0 aliphatic heterocycles. The topological polar surface area (TPSA) is 325 Å². The van der Waals surface area contributed by atoms with Crippen molar-refractivity contribution in [1.82, 2.24) is 26.6 Å². The van der Waals surface area contributed by atoms with Crippen molar-refractivity contribution in [3.8, 4) is 0 Å². The van der Waals surface area contributed by atoms with E-state index in [1.165, 1.54) is 21.1 Å². The molecule has 120 heavy (non-hydrogen) atoms. The standard InChI is InChI=1S/C21H21NO2.C20H19NO.C20H19N.C7H12N2O4.C3H10N2O2.C2H2ClO.C2H3I3.C2H4I2.C2H5I.C2H4O2.C2H3O2.C2H6.CH2Br2.2CH4.2Y/c23-17-24-16-22-21(18-10-4-1-5-11-18,19-12-6-2-7-13-19)20-14-8-3-9-15-20;22-16-21-20(17-10-4-1-5-11-17,18-12-6-2-7-13-18)19-14-8-3-9-15-19;1-21-20(17-11-5-2-6-12-17,18-13-7-3-8-14-18)19-15-9-4-10-16-19;1-6(10)8-3-12-5-13-4-9-7(2)11;4-1-6-3-7-2-5;1-2(3)4;1-2(3,4)5;1-2(3)4;1-2-3;2*1-2(3)4;1-2;2-1-3;;;;/h1-15,22-23H,16-17H2;1-15,21-22H,16H2;2-16,21H,1H3;1-5H2,(H,8,10)(H,9,11);1-5H2;1H2;1H3;2H,1H3;2H2,1H3;1H3,(H,3,4);1H2,(H,3,4);1-2H3;1H2;2*1H4;;/q;;;-2;;-1;;;;;-1;;;;;;. The zero-order valence-corrected chi connectivity index (χ0v) is 89.8. The summed E-state index contributed by atoms with van der Waals surface area (Å²) in [5, 5.41) is 47.8. The van der Waals surface area contributed by atoms with Gasteiger partial charge in [-0.15, -0.1) is 0 Å². The number of aliphatic hydroxyl groups excluding tert-OH is 2. The SMILES string of the molecule is BrCBr.C.C.CC.CC(=O)O.CC(I)(I)I.CC(I)I.CCI.CNC(c1ccccc1)(c1ccccc1)c1ccccc1.NCOCOCN.OCNC(c1ccccc1)(c1ccccc1)c1ccccc1.OCOCNC(c1ccccc1)(c1ccccc1)c1ccccc1.[CH2-]C(=O)Cl.[CH2-]C(=O)NCOCOCNC([CH2-])=O.[CH2-]C(=O)O.[Y].[Y]. The Balaban J connectivity index is -0.000000204. The summed E-state index contributed by atoms with van der Waals surface area (Å²) in [5.74, 6) is -2.77. The fraction of sp³-hybridized carbons (Fsp3) is 0.284. The van der Waals surface area contributed by atoms with E-state index < -0.39 is 40.1 Å². The number of carboxylic acid groups (broad SMARTS) is 2. The number of halogens is 9. The number of ether oxygens (including phenoxy) is 5. The summed E-state index contributed by atoms with van der Waals surface area (Å²) in [4.78, 5) is 47.4. The smallest absolute Gasteiger partial charge is 0.300 e. The van der Waals surface area contributed by atoms with E-state index in [-0.39, 0.29) is 147 Å². The van der Waals surface area contributed by atoms with E-state index in [0.29, 0.717) is -0.565 Å². The first kappa shape index (κ1) is 133. The number of hydrogen-bond acceptors (Lipinski definition) is 17. The molecule has 0 heterocycles. The van der Waals surface area contributed by atoms with E-state index in [9.17, 15) is 14.7 Å². The summed E-state index contributed by atoms with van der Waals surface area (Å²) in [6.07, 6.45) is 0. The van der Waals surface area contributed by atoms with Gasteiger partial charge in [0.25, 0.3) is 5.97 Å². The number of carbonyl (C=O) groups is 5. The molecule has 9 aromatic carbocycles. The number of carboxylic acids is 2. The number of carbonyl (C=O) groups excluding carboxylic acids is 3. The van der Waals surface area contributed by atoms with Crippen LogP contribution in [-0.4, -0.2) is 127 Å². The number of rotatable bonds is 26. The molecule has 0 aliphatic carbocycles. The Morgan fingerprint density at radius 2 is 0.625 bits per heavy atom. The molecule has 9 rings (SSSR count). The number of hydrogen-bond donors (Lipinski definition) is 11. The molecular formula is C88H118Br2ClI6N7O14Y2-4. The molecular weight excluding hydrogens is 2510 g/mol. The first-order valence-corrected chi connectivity index (χ1v) is 45.0. The van der Waals surface area contributed by atoms with Crippen LogP contribution in [0, 0.1) is 27.7 Å². The molecule has 2 amide bonds. The van der Waals surface area contributed by atoms with Crippen molar-refractivity contribution in [2.24, 2.45) is 11.5 Å². The third-order valence-electron chi connectivity index (χ3n) is 13.4. The fourth-order valence-electron chi connectivity index (χ4n) is 9.62. The van der Waals surface area contributed by atoms with Gasteiger partial charge in [-0.05, 0) is 75.4 Å². The van der Waals surface area contributed by atoms with Crippen molar-refractivity contribution < 1.29 is 134 Å². The van der Waals surface area contributed by atoms with Crippen LogP contribution in [0.4, 0.5) is 0 Å². The van der Waals surface area contributed by atoms with Gasteiger partial charge < -0.3 is 107 Å². The molecule has 0 bridgehead atoms. The number of aliphatic carboxylic acids is 2. The second-order valence-corrected chi connectivity index (χ2v) is 45.0. The molecule has 9 aromatic rings. The molecule has 662 valence electrons. The predicted molar refractivity (Wildman–Crippen MR) is 545 cm³/mol. The van der Waals surface area contributed by atoms with Gasteiger partial charge in [-0.1, -0.05) is 488 Å². The van der Waals surface area contributed by atoms with Crippen molar-refractivity contribution in [2.75, 3.05) is 76.5 Å². The molecule has 0 aromatic heterocycles. The van der Waals surface area contributed by atoms with Gasteiger partial charge in [0.2, 0.25) is 0 Å². The van der Waals surface area contributed by atoms with Gasteiger partial charge in [-0.2, -0.15) is 0 Å². The quantitative estimate of drug-likeness (QED) is 0.00456. The number of nitrogens with two attached hydrogens (primary N) is 2. The van der Waals surface area contributed by atoms with Crippen LogP contribution in [0.1, 0.15) is 106 Å². The summed E-state index contributed by atoms with van der Waals surface area (Å²) in [7, 11) is 2.02. The molecule has 0 fully saturated rings. The maximum Gasteiger partial charge on any atom is 0.300 e. The summed E-state index contributed by atoms with van der Waals surface area (Å²) in [6.45, 7) is 23.3. The van der Waals surface area contributed by atoms with Gasteiger partial charge in [0.05, 0.1) is 60.0 Å². The van der Waals surface area contributed by atoms with Gasteiger partial charge in [0, 0.05) is 72.3 Å². The Kier molecular flexibility index (Phi) is 97.9. The third kappa shape index (κ3) is 66.7. The molecule has 2 radical (unpaired) electrons. The Labute approximate surface area is 869 Å². The van der Waals surface area contributed by atoms with Crippen molar-refractivity contribution in [3.05, 3.63) is 351 Å². The van der Waals surface area contributed by atoms with Crippen LogP contribution in [0.3, 0.4) is 0 Å². The number of aliphatic hydroxyl groups is 2. The molecule has 0 spiro atoms. The number of benzene rings is 9. The number of alkyl halides is 8. The first-order chi connectivity index (χ1) is 55.4. The maximum absolute atomic E-state index is 10.2. The Hall–Kier alpha value is -2.63. The zero-order valence-electron chi connectivity index (χ0n) is 67.2. The molecule has 0 saturated carbocycles. The van der Waals surface area contributed by atoms with E-state index in [4.69, 9.17) is 55.4 Å². The molecule has 0 unspecified atom stereocenters. The number of amides is 2. The first-order valence-electron chi connectivity index (χ1n) is 35.1. The van der Waals surface area contributed by atoms with E-state index in [1.807, 2.05) is 130 Å². The van der Waals surface area contributed by atoms with Gasteiger partial charge in [0.1, 0.15) is 33.2 Å². The maximum atomic E-state index is 10.2. The normalized spacial score (nSPS) is 9.64. The van der Waals surface area contributed by atoms with Gasteiger partial charge >= 0.3 is 0 Å². The van der Waals surface area contributed by atoms with Crippen molar-refractivity contribution in [3.63, 3.8) is 0 Å². The summed E-state index contributed by atoms with van der Waals surface area (Å²) >= 11 is 24.7. The molecule has 21 nitrogen and oxygen atoms in total. The van der Waals surface area contributed by atoms with Crippen LogP contribution in [0.25, 0.3) is 0 Å². The van der Waals surface area contributed by atoms with E-state index in [2.05, 4.69) is 427 Å². The number of nitrogens with one attached hydrogen (secondary N) is 5. The molecule has 32 heteroatoms. The van der Waals surface area contributed by atoms with Gasteiger partial charge in [0.15, 0.2) is 12.8 Å². The summed E-state index contributed by atoms with van der Waals surface area (Å²) in [6, 6.07) is 93.3. The molecule has 0 saturated heterocycles. The van der Waals surface area contributed by atoms with Crippen LogP contribution in [0.5, 0.6) is 0 Å². The molecule has 0 aliphatic rings. The summed E-state index contributed by atoms with van der Waals surface area (Å²) in [5.41, 5.74) is 18.8. The Morgan fingerprint density at radius 1 is 0.458 bits per heavy atom. The van der Waals surface area contributed by atoms with Crippen LogP contribution >= 0.6 is 179 Å². The van der Waals surface area contributed by atoms with Crippen LogP contribution in [0.2, 0.25) is 0 Å². The minimum atomic E-state index is -1.08. The third-order valence-corrected chi connectivity index (χ3v) is 13.4. The largest absolute Gasteiger partial charge is 0.503 e. The van der Waals surface area contributed by atoms with Crippen LogP contribution in [0.15, 0.2) is 273 Å². The van der Waals surface area contributed by atoms with Gasteiger partial charge in [-0.3, -0.25) is 27.1 Å². The average molecular weight is 2630 g/mol. The second kappa shape index (κ2) is 88.4. The summed E-state index contributed by atoms with van der Waals surface area (Å²) < 4.78 is 27.1. The van der Waals surface area contributed by atoms with Crippen molar-refractivity contribution >= 4 is 208 Å². The van der Waals surface area contributed by atoms with Crippen LogP contribution < -0.4 is 38.1 Å². The molecule has 0 atom stereocenters. The minimum absolute atomic E-state index is 0. The van der Waals surface area contributed by atoms with E-state index in [1.54, 1.807) is 0 Å². The van der Waals surface area contributed by atoms with Gasteiger partial charge in [-0.25, -0.2) is 0 Å². The van der Waals surface area contributed by atoms with Crippen LogP contribution in [-0.2, 0) is 130 Å². The monoisotopic (exact) mass is 2630 g/mol. The van der Waals surface area contributed by atoms with Crippen molar-refractivity contribution in [2.45, 2.75) is 74.4 Å².